The fourth-order valence-corrected chi connectivity index (χ4v) is 2.43. The van der Waals surface area contributed by atoms with Gasteiger partial charge in [-0.15, -0.1) is 0 Å². The van der Waals surface area contributed by atoms with E-state index in [1.165, 1.54) is 0 Å². The van der Waals surface area contributed by atoms with Gasteiger partial charge < -0.3 is 19.9 Å². The normalized spacial score (nSPS) is 10.6. The number of rotatable bonds is 10. The molecule has 0 unspecified atom stereocenters. The lowest BCUT2D eigenvalue weighted by atomic mass is 10.1. The monoisotopic (exact) mass is 343 g/mol. The summed E-state index contributed by atoms with van der Waals surface area (Å²) in [5.41, 5.74) is 3.61. The van der Waals surface area contributed by atoms with Crippen molar-refractivity contribution in [2.24, 2.45) is 0 Å². The summed E-state index contributed by atoms with van der Waals surface area (Å²) in [6.45, 7) is 4.70. The van der Waals surface area contributed by atoms with E-state index >= 15 is 0 Å². The highest BCUT2D eigenvalue weighted by Crippen LogP contribution is 2.20. The Hall–Kier alpha value is -2.37. The van der Waals surface area contributed by atoms with Crippen LogP contribution in [0.1, 0.15) is 33.5 Å². The van der Waals surface area contributed by atoms with Crippen molar-refractivity contribution < 1.29 is 19.4 Å². The number of carbonyl (C=O) groups is 1. The Bertz CT molecular complexity index is 683. The average molecular weight is 343 g/mol. The maximum Gasteiger partial charge on any atom is 0.335 e. The Morgan fingerprint density at radius 2 is 1.84 bits per heavy atom. The third-order valence-corrected chi connectivity index (χ3v) is 3.82. The quantitative estimate of drug-likeness (QED) is 0.647. The van der Waals surface area contributed by atoms with E-state index in [9.17, 15) is 4.79 Å². The predicted molar refractivity (Wildman–Crippen MR) is 97.1 cm³/mol. The maximum absolute atomic E-state index is 10.9. The van der Waals surface area contributed by atoms with Gasteiger partial charge in [0.2, 0.25) is 0 Å². The van der Waals surface area contributed by atoms with E-state index in [4.69, 9.17) is 14.6 Å². The number of aryl methyl sites for hydroxylation is 1. The van der Waals surface area contributed by atoms with Crippen LogP contribution in [0.15, 0.2) is 42.5 Å². The molecule has 0 aliphatic heterocycles. The van der Waals surface area contributed by atoms with Gasteiger partial charge in [-0.2, -0.15) is 0 Å². The molecule has 2 aromatic rings. The van der Waals surface area contributed by atoms with Crippen LogP contribution in [0.4, 0.5) is 0 Å². The van der Waals surface area contributed by atoms with E-state index in [0.29, 0.717) is 31.9 Å². The number of aromatic carboxylic acids is 1. The van der Waals surface area contributed by atoms with Crippen molar-refractivity contribution >= 4 is 5.97 Å². The van der Waals surface area contributed by atoms with E-state index in [0.717, 1.165) is 28.9 Å². The molecule has 134 valence electrons. The molecule has 0 atom stereocenters. The first-order chi connectivity index (χ1) is 12.1. The second kappa shape index (κ2) is 9.81. The molecule has 0 amide bonds. The minimum absolute atomic E-state index is 0.300. The summed E-state index contributed by atoms with van der Waals surface area (Å²) in [7, 11) is 1.69. The smallest absolute Gasteiger partial charge is 0.335 e. The summed E-state index contributed by atoms with van der Waals surface area (Å²) in [6.07, 6.45) is 0.854. The van der Waals surface area contributed by atoms with E-state index in [1.54, 1.807) is 19.2 Å². The SMILES string of the molecule is COCCCOc1cc(C)ccc1CNCc1ccc(C(=O)O)cc1. The van der Waals surface area contributed by atoms with Gasteiger partial charge in [0.05, 0.1) is 12.2 Å². The minimum Gasteiger partial charge on any atom is -0.493 e. The number of ether oxygens (including phenoxy) is 2. The van der Waals surface area contributed by atoms with Crippen LogP contribution >= 0.6 is 0 Å². The number of methoxy groups -OCH3 is 1. The molecule has 0 aromatic heterocycles. The highest BCUT2D eigenvalue weighted by molar-refractivity contribution is 5.87. The predicted octanol–water partition coefficient (Wildman–Crippen LogP) is 3.40. The number of carboxylic acid groups (broad SMARTS) is 1. The van der Waals surface area contributed by atoms with E-state index in [1.807, 2.05) is 25.1 Å². The first-order valence-electron chi connectivity index (χ1n) is 8.34. The zero-order valence-electron chi connectivity index (χ0n) is 14.7. The molecule has 0 saturated heterocycles. The van der Waals surface area contributed by atoms with E-state index in [-0.39, 0.29) is 0 Å². The number of benzene rings is 2. The summed E-state index contributed by atoms with van der Waals surface area (Å²) >= 11 is 0. The second-order valence-electron chi connectivity index (χ2n) is 5.91. The molecule has 0 fully saturated rings. The van der Waals surface area contributed by atoms with Crippen LogP contribution < -0.4 is 10.1 Å². The molecule has 2 N–H and O–H groups in total. The Labute approximate surface area is 148 Å². The maximum atomic E-state index is 10.9. The first kappa shape index (κ1) is 19.0. The summed E-state index contributed by atoms with van der Waals surface area (Å²) in [4.78, 5) is 10.9. The van der Waals surface area contributed by atoms with Crippen molar-refractivity contribution in [2.45, 2.75) is 26.4 Å². The van der Waals surface area contributed by atoms with Gasteiger partial charge in [0.1, 0.15) is 5.75 Å². The van der Waals surface area contributed by atoms with Crippen LogP contribution in [0.2, 0.25) is 0 Å². The third-order valence-electron chi connectivity index (χ3n) is 3.82. The standard InChI is InChI=1S/C20H25NO4/c1-15-4-7-18(19(12-15)25-11-3-10-24-2)14-21-13-16-5-8-17(9-6-16)20(22)23/h4-9,12,21H,3,10-11,13-14H2,1-2H3,(H,22,23). The number of hydrogen-bond donors (Lipinski definition) is 2. The fraction of sp³-hybridized carbons (Fsp3) is 0.350. The van der Waals surface area contributed by atoms with Gasteiger partial charge >= 0.3 is 5.97 Å². The molecule has 5 heteroatoms. The van der Waals surface area contributed by atoms with Gasteiger partial charge in [0.15, 0.2) is 0 Å². The highest BCUT2D eigenvalue weighted by Gasteiger charge is 2.05. The minimum atomic E-state index is -0.908. The van der Waals surface area contributed by atoms with Crippen LogP contribution in [0.5, 0.6) is 5.75 Å². The van der Waals surface area contributed by atoms with Crippen LogP contribution in [0.25, 0.3) is 0 Å². The van der Waals surface area contributed by atoms with Crippen molar-refractivity contribution in [1.29, 1.82) is 0 Å². The van der Waals surface area contributed by atoms with Gasteiger partial charge in [0, 0.05) is 38.8 Å². The largest absolute Gasteiger partial charge is 0.493 e. The molecule has 2 aromatic carbocycles. The van der Waals surface area contributed by atoms with Crippen LogP contribution in [-0.4, -0.2) is 31.4 Å². The van der Waals surface area contributed by atoms with E-state index in [2.05, 4.69) is 17.4 Å². The number of carboxylic acids is 1. The van der Waals surface area contributed by atoms with Gasteiger partial charge in [-0.3, -0.25) is 0 Å². The molecule has 0 aliphatic carbocycles. The molecule has 0 heterocycles. The summed E-state index contributed by atoms with van der Waals surface area (Å²) in [5.74, 6) is -0.0146. The lowest BCUT2D eigenvalue weighted by Gasteiger charge is -2.13. The lowest BCUT2D eigenvalue weighted by Crippen LogP contribution is -2.14. The molecule has 25 heavy (non-hydrogen) atoms. The van der Waals surface area contributed by atoms with Gasteiger partial charge in [-0.05, 0) is 36.2 Å². The molecule has 5 nitrogen and oxygen atoms in total. The molecule has 0 bridgehead atoms. The number of nitrogens with one attached hydrogen (secondary N) is 1. The van der Waals surface area contributed by atoms with Crippen molar-refractivity contribution in [2.75, 3.05) is 20.3 Å². The lowest BCUT2D eigenvalue weighted by molar-refractivity contribution is 0.0697. The second-order valence-corrected chi connectivity index (χ2v) is 5.91. The first-order valence-corrected chi connectivity index (χ1v) is 8.34. The topological polar surface area (TPSA) is 67.8 Å². The number of hydrogen-bond acceptors (Lipinski definition) is 4. The average Bonchev–Trinajstić information content (AvgIpc) is 2.61. The Morgan fingerprint density at radius 3 is 2.52 bits per heavy atom. The third kappa shape index (κ3) is 6.21. The van der Waals surface area contributed by atoms with Crippen molar-refractivity contribution in [1.82, 2.24) is 5.32 Å². The van der Waals surface area contributed by atoms with Crippen molar-refractivity contribution in [3.8, 4) is 5.75 Å². The Balaban J connectivity index is 1.89. The summed E-state index contributed by atoms with van der Waals surface area (Å²) < 4.78 is 10.9. The van der Waals surface area contributed by atoms with Crippen LogP contribution in [0, 0.1) is 6.92 Å². The molecule has 2 rings (SSSR count). The van der Waals surface area contributed by atoms with Crippen molar-refractivity contribution in [3.63, 3.8) is 0 Å². The van der Waals surface area contributed by atoms with Crippen LogP contribution in [0.3, 0.4) is 0 Å². The molecule has 0 saturated carbocycles. The van der Waals surface area contributed by atoms with Gasteiger partial charge in [0.25, 0.3) is 0 Å². The highest BCUT2D eigenvalue weighted by atomic mass is 16.5. The molecular weight excluding hydrogens is 318 g/mol. The Kier molecular flexibility index (Phi) is 7.44. The molecule has 0 radical (unpaired) electrons. The fourth-order valence-electron chi connectivity index (χ4n) is 2.43. The van der Waals surface area contributed by atoms with Gasteiger partial charge in [-0.1, -0.05) is 24.3 Å². The summed E-state index contributed by atoms with van der Waals surface area (Å²) in [5, 5.41) is 12.3. The Morgan fingerprint density at radius 1 is 1.08 bits per heavy atom. The van der Waals surface area contributed by atoms with Crippen LogP contribution in [-0.2, 0) is 17.8 Å². The van der Waals surface area contributed by atoms with Gasteiger partial charge in [-0.25, -0.2) is 4.79 Å². The zero-order chi connectivity index (χ0) is 18.1. The molecular formula is C20H25NO4. The molecule has 0 spiro atoms. The molecule has 0 aliphatic rings. The zero-order valence-corrected chi connectivity index (χ0v) is 14.7. The van der Waals surface area contributed by atoms with E-state index < -0.39 is 5.97 Å². The van der Waals surface area contributed by atoms with Crippen molar-refractivity contribution in [3.05, 3.63) is 64.7 Å². The summed E-state index contributed by atoms with van der Waals surface area (Å²) in [6, 6.07) is 13.1.